The van der Waals surface area contributed by atoms with E-state index >= 15 is 0 Å². The lowest BCUT2D eigenvalue weighted by atomic mass is 10.1. The van der Waals surface area contributed by atoms with Crippen LogP contribution in [-0.4, -0.2) is 13.0 Å². The van der Waals surface area contributed by atoms with Crippen molar-refractivity contribution in [2.75, 3.05) is 7.05 Å². The minimum Gasteiger partial charge on any atom is -0.461 e. The van der Waals surface area contributed by atoms with Gasteiger partial charge in [0.1, 0.15) is 6.61 Å². The zero-order chi connectivity index (χ0) is 11.1. The molecule has 0 aromatic heterocycles. The predicted molar refractivity (Wildman–Crippen MR) is 60.0 cm³/mol. The standard InChI is InChI=1S/C12H15NO2/c1-10(14)15-9-12-5-3-11(4-6-12)7-8-13-2/h3-8,13H,9H2,1-2H3/b8-7+. The van der Waals surface area contributed by atoms with Gasteiger partial charge in [-0.1, -0.05) is 24.3 Å². The number of nitrogens with one attached hydrogen (secondary N) is 1. The van der Waals surface area contributed by atoms with Crippen molar-refractivity contribution < 1.29 is 9.53 Å². The van der Waals surface area contributed by atoms with Crippen molar-refractivity contribution in [3.63, 3.8) is 0 Å². The monoisotopic (exact) mass is 205 g/mol. The molecule has 0 saturated carbocycles. The summed E-state index contributed by atoms with van der Waals surface area (Å²) in [5, 5.41) is 2.92. The summed E-state index contributed by atoms with van der Waals surface area (Å²) in [5.41, 5.74) is 2.10. The number of rotatable bonds is 4. The van der Waals surface area contributed by atoms with Crippen LogP contribution in [-0.2, 0) is 16.1 Å². The molecule has 0 aliphatic heterocycles. The van der Waals surface area contributed by atoms with E-state index in [4.69, 9.17) is 4.74 Å². The number of carbonyl (C=O) groups excluding carboxylic acids is 1. The van der Waals surface area contributed by atoms with E-state index in [1.165, 1.54) is 6.92 Å². The number of hydrogen-bond donors (Lipinski definition) is 1. The summed E-state index contributed by atoms with van der Waals surface area (Å²) < 4.78 is 4.88. The maximum Gasteiger partial charge on any atom is 0.302 e. The zero-order valence-electron chi connectivity index (χ0n) is 8.99. The van der Waals surface area contributed by atoms with Gasteiger partial charge in [0.2, 0.25) is 0 Å². The fourth-order valence-electron chi connectivity index (χ4n) is 1.09. The molecule has 0 spiro atoms. The highest BCUT2D eigenvalue weighted by Gasteiger charge is 1.95. The molecule has 0 fully saturated rings. The summed E-state index contributed by atoms with van der Waals surface area (Å²) in [6.45, 7) is 1.75. The topological polar surface area (TPSA) is 38.3 Å². The van der Waals surface area contributed by atoms with Crippen molar-refractivity contribution in [1.29, 1.82) is 0 Å². The zero-order valence-corrected chi connectivity index (χ0v) is 8.99. The number of esters is 1. The van der Waals surface area contributed by atoms with Gasteiger partial charge in [0.15, 0.2) is 0 Å². The van der Waals surface area contributed by atoms with Gasteiger partial charge in [0.05, 0.1) is 0 Å². The minimum absolute atomic E-state index is 0.255. The van der Waals surface area contributed by atoms with Crippen LogP contribution in [0.1, 0.15) is 18.1 Å². The summed E-state index contributed by atoms with van der Waals surface area (Å²) in [7, 11) is 1.85. The van der Waals surface area contributed by atoms with Gasteiger partial charge >= 0.3 is 5.97 Å². The van der Waals surface area contributed by atoms with Crippen molar-refractivity contribution in [3.8, 4) is 0 Å². The van der Waals surface area contributed by atoms with Crippen LogP contribution in [0, 0.1) is 0 Å². The molecule has 1 aromatic rings. The van der Waals surface area contributed by atoms with Crippen LogP contribution in [0.4, 0.5) is 0 Å². The molecule has 1 N–H and O–H groups in total. The number of hydrogen-bond acceptors (Lipinski definition) is 3. The molecule has 15 heavy (non-hydrogen) atoms. The molecule has 0 radical (unpaired) electrons. The van der Waals surface area contributed by atoms with Crippen molar-refractivity contribution >= 4 is 12.0 Å². The lowest BCUT2D eigenvalue weighted by Crippen LogP contribution is -1.98. The third-order valence-electron chi connectivity index (χ3n) is 1.86. The Bertz CT molecular complexity index is 341. The minimum atomic E-state index is -0.255. The second-order valence-electron chi connectivity index (χ2n) is 3.14. The molecule has 80 valence electrons. The Morgan fingerprint density at radius 3 is 2.60 bits per heavy atom. The Morgan fingerprint density at radius 1 is 1.40 bits per heavy atom. The van der Waals surface area contributed by atoms with Crippen LogP contribution in [0.3, 0.4) is 0 Å². The molecule has 1 aromatic carbocycles. The second kappa shape index (κ2) is 5.86. The van der Waals surface area contributed by atoms with E-state index in [2.05, 4.69) is 5.32 Å². The molecular formula is C12H15NO2. The van der Waals surface area contributed by atoms with Crippen molar-refractivity contribution in [1.82, 2.24) is 5.32 Å². The van der Waals surface area contributed by atoms with Gasteiger partial charge in [-0.15, -0.1) is 0 Å². The molecule has 3 nitrogen and oxygen atoms in total. The molecule has 0 aliphatic carbocycles. The first-order valence-corrected chi connectivity index (χ1v) is 4.78. The first-order chi connectivity index (χ1) is 7.22. The van der Waals surface area contributed by atoms with E-state index in [1.807, 2.05) is 43.6 Å². The quantitative estimate of drug-likeness (QED) is 0.763. The summed E-state index contributed by atoms with van der Waals surface area (Å²) >= 11 is 0. The molecule has 0 aliphatic rings. The third-order valence-corrected chi connectivity index (χ3v) is 1.86. The molecule has 3 heteroatoms. The van der Waals surface area contributed by atoms with E-state index in [9.17, 15) is 4.79 Å². The summed E-state index contributed by atoms with van der Waals surface area (Å²) in [6, 6.07) is 7.84. The van der Waals surface area contributed by atoms with Gasteiger partial charge in [-0.2, -0.15) is 0 Å². The molecule has 1 rings (SSSR count). The maximum atomic E-state index is 10.6. The summed E-state index contributed by atoms with van der Waals surface area (Å²) in [5.74, 6) is -0.255. The van der Waals surface area contributed by atoms with Crippen molar-refractivity contribution in [2.24, 2.45) is 0 Å². The van der Waals surface area contributed by atoms with Gasteiger partial charge < -0.3 is 10.1 Å². The largest absolute Gasteiger partial charge is 0.461 e. The highest BCUT2D eigenvalue weighted by molar-refractivity contribution is 5.65. The second-order valence-corrected chi connectivity index (χ2v) is 3.14. The lowest BCUT2D eigenvalue weighted by Gasteiger charge is -2.02. The van der Waals surface area contributed by atoms with Crippen LogP contribution in [0.15, 0.2) is 30.5 Å². The number of carbonyl (C=O) groups is 1. The predicted octanol–water partition coefficient (Wildman–Crippen LogP) is 1.94. The molecule has 0 atom stereocenters. The molecule has 0 heterocycles. The highest BCUT2D eigenvalue weighted by Crippen LogP contribution is 2.07. The Balaban J connectivity index is 2.56. The van der Waals surface area contributed by atoms with Crippen molar-refractivity contribution in [3.05, 3.63) is 41.6 Å². The lowest BCUT2D eigenvalue weighted by molar-refractivity contribution is -0.142. The van der Waals surface area contributed by atoms with Gasteiger partial charge in [0, 0.05) is 14.0 Å². The van der Waals surface area contributed by atoms with E-state index in [0.29, 0.717) is 6.61 Å². The summed E-state index contributed by atoms with van der Waals surface area (Å²) in [6.07, 6.45) is 3.83. The van der Waals surface area contributed by atoms with Crippen LogP contribution >= 0.6 is 0 Å². The molecule has 0 unspecified atom stereocenters. The van der Waals surface area contributed by atoms with Gasteiger partial charge in [-0.05, 0) is 23.4 Å². The van der Waals surface area contributed by atoms with Crippen LogP contribution in [0.25, 0.3) is 6.08 Å². The third kappa shape index (κ3) is 4.31. The molecule has 0 saturated heterocycles. The molecule has 0 bridgehead atoms. The first kappa shape index (κ1) is 11.3. The number of benzene rings is 1. The Hall–Kier alpha value is -1.77. The van der Waals surface area contributed by atoms with E-state index in [-0.39, 0.29) is 5.97 Å². The van der Waals surface area contributed by atoms with Gasteiger partial charge in [-0.3, -0.25) is 4.79 Å². The molecule has 0 amide bonds. The average Bonchev–Trinajstić information content (AvgIpc) is 2.25. The smallest absolute Gasteiger partial charge is 0.302 e. The Morgan fingerprint density at radius 2 is 2.07 bits per heavy atom. The van der Waals surface area contributed by atoms with Gasteiger partial charge in [-0.25, -0.2) is 0 Å². The number of ether oxygens (including phenoxy) is 1. The van der Waals surface area contributed by atoms with Crippen LogP contribution < -0.4 is 5.32 Å². The van der Waals surface area contributed by atoms with E-state index in [1.54, 1.807) is 0 Å². The SMILES string of the molecule is CN/C=C/c1ccc(COC(C)=O)cc1. The fraction of sp³-hybridized carbons (Fsp3) is 0.250. The van der Waals surface area contributed by atoms with Crippen molar-refractivity contribution in [2.45, 2.75) is 13.5 Å². The Labute approximate surface area is 89.8 Å². The van der Waals surface area contributed by atoms with E-state index in [0.717, 1.165) is 11.1 Å². The molecular weight excluding hydrogens is 190 g/mol. The summed E-state index contributed by atoms with van der Waals surface area (Å²) in [4.78, 5) is 10.6. The normalized spacial score (nSPS) is 10.3. The van der Waals surface area contributed by atoms with Crippen LogP contribution in [0.5, 0.6) is 0 Å². The maximum absolute atomic E-state index is 10.6. The average molecular weight is 205 g/mol. The highest BCUT2D eigenvalue weighted by atomic mass is 16.5. The van der Waals surface area contributed by atoms with E-state index < -0.39 is 0 Å². The van der Waals surface area contributed by atoms with Gasteiger partial charge in [0.25, 0.3) is 0 Å². The van der Waals surface area contributed by atoms with Crippen LogP contribution in [0.2, 0.25) is 0 Å². The Kier molecular flexibility index (Phi) is 4.41. The fourth-order valence-corrected chi connectivity index (χ4v) is 1.09. The first-order valence-electron chi connectivity index (χ1n) is 4.78.